The number of rotatable bonds is 14. The van der Waals surface area contributed by atoms with Gasteiger partial charge < -0.3 is 14.4 Å². The van der Waals surface area contributed by atoms with Crippen molar-refractivity contribution in [2.24, 2.45) is 0 Å². The fraction of sp³-hybridized carbons (Fsp3) is 0.333. The van der Waals surface area contributed by atoms with E-state index in [-0.39, 0.29) is 17.9 Å². The lowest BCUT2D eigenvalue weighted by atomic mass is 9.98. The Morgan fingerprint density at radius 3 is 2.10 bits per heavy atom. The third kappa shape index (κ3) is 7.63. The molecule has 0 radical (unpaired) electrons. The van der Waals surface area contributed by atoms with Crippen LogP contribution in [-0.2, 0) is 9.09 Å². The largest absolute Gasteiger partial charge is 0.587 e. The van der Waals surface area contributed by atoms with E-state index < -0.39 is 24.9 Å². The maximum absolute atomic E-state index is 13.3. The Labute approximate surface area is 176 Å². The molecule has 0 aromatic heterocycles. The monoisotopic (exact) mass is 434 g/mol. The van der Waals surface area contributed by atoms with E-state index in [2.05, 4.69) is 11.9 Å². The van der Waals surface area contributed by atoms with E-state index in [0.717, 1.165) is 0 Å². The van der Waals surface area contributed by atoms with Crippen LogP contribution < -0.4 is 14.4 Å². The first-order chi connectivity index (χ1) is 14.4. The average molecular weight is 434 g/mol. The predicted octanol–water partition coefficient (Wildman–Crippen LogP) is 4.86. The van der Waals surface area contributed by atoms with Gasteiger partial charge in [-0.1, -0.05) is 42.5 Å². The lowest BCUT2D eigenvalue weighted by Crippen LogP contribution is -2.40. The second-order valence-electron chi connectivity index (χ2n) is 6.88. The number of benzene rings is 2. The number of para-hydroxylation sites is 2. The second-order valence-corrected chi connectivity index (χ2v) is 8.40. The summed E-state index contributed by atoms with van der Waals surface area (Å²) in [7, 11) is -4.18. The lowest BCUT2D eigenvalue weighted by Gasteiger charge is -2.24. The molecule has 8 nitrogen and oxygen atoms in total. The Morgan fingerprint density at radius 2 is 1.63 bits per heavy atom. The van der Waals surface area contributed by atoms with Crippen LogP contribution in [0.3, 0.4) is 0 Å². The molecule has 0 aliphatic heterocycles. The van der Waals surface area contributed by atoms with Gasteiger partial charge in [-0.3, -0.25) is 14.6 Å². The number of nitrogens with zero attached hydrogens (tertiary/aromatic N) is 1. The number of phosphoric acid groups is 1. The highest BCUT2D eigenvalue weighted by molar-refractivity contribution is 7.49. The molecule has 30 heavy (non-hydrogen) atoms. The summed E-state index contributed by atoms with van der Waals surface area (Å²) < 4.78 is 29.8. The minimum Gasteiger partial charge on any atom is -0.395 e. The molecule has 1 N–H and O–H groups in total. The molecule has 1 unspecified atom stereocenters. The Morgan fingerprint density at radius 1 is 1.10 bits per heavy atom. The normalized spacial score (nSPS) is 13.2. The SMILES string of the molecule is C=CCNCCCC(C)(COP(=O)(Oc1ccccc1)Oc1ccccc1)[N+](=O)[O-]. The molecule has 2 aromatic rings. The van der Waals surface area contributed by atoms with Crippen molar-refractivity contribution in [3.63, 3.8) is 0 Å². The molecule has 0 fully saturated rings. The van der Waals surface area contributed by atoms with E-state index in [1.54, 1.807) is 66.7 Å². The fourth-order valence-electron chi connectivity index (χ4n) is 2.52. The molecule has 0 saturated carbocycles. The number of phosphoric ester groups is 1. The molecule has 2 rings (SSSR count). The first kappa shape index (κ1) is 23.6. The summed E-state index contributed by atoms with van der Waals surface area (Å²) in [4.78, 5) is 11.3. The molecule has 9 heteroatoms. The molecule has 1 atom stereocenters. The van der Waals surface area contributed by atoms with Crippen LogP contribution >= 0.6 is 7.82 Å². The van der Waals surface area contributed by atoms with E-state index in [9.17, 15) is 14.7 Å². The zero-order chi connectivity index (χ0) is 21.9. The van der Waals surface area contributed by atoms with Gasteiger partial charge in [0.1, 0.15) is 18.1 Å². The summed E-state index contributed by atoms with van der Waals surface area (Å²) in [6, 6.07) is 16.8. The van der Waals surface area contributed by atoms with Crippen molar-refractivity contribution in [3.05, 3.63) is 83.4 Å². The van der Waals surface area contributed by atoms with Gasteiger partial charge >= 0.3 is 7.82 Å². The molecule has 0 heterocycles. The summed E-state index contributed by atoms with van der Waals surface area (Å²) in [5, 5.41) is 14.8. The molecule has 2 aromatic carbocycles. The zero-order valence-corrected chi connectivity index (χ0v) is 17.8. The topological polar surface area (TPSA) is 99.9 Å². The van der Waals surface area contributed by atoms with Crippen LogP contribution in [0, 0.1) is 10.1 Å². The number of hydrogen-bond acceptors (Lipinski definition) is 7. The third-order valence-corrected chi connectivity index (χ3v) is 5.57. The molecule has 162 valence electrons. The van der Waals surface area contributed by atoms with Gasteiger partial charge in [0.25, 0.3) is 0 Å². The van der Waals surface area contributed by atoms with Crippen molar-refractivity contribution >= 4 is 7.82 Å². The quantitative estimate of drug-likeness (QED) is 0.149. The van der Waals surface area contributed by atoms with Crippen LogP contribution in [0.1, 0.15) is 19.8 Å². The minimum atomic E-state index is -4.18. The summed E-state index contributed by atoms with van der Waals surface area (Å²) in [5.74, 6) is 0.543. The van der Waals surface area contributed by atoms with Gasteiger partial charge in [0.2, 0.25) is 5.54 Å². The summed E-state index contributed by atoms with van der Waals surface area (Å²) in [6.07, 6.45) is 2.48. The van der Waals surface area contributed by atoms with Crippen LogP contribution in [0.4, 0.5) is 0 Å². The molecule has 0 bridgehead atoms. The van der Waals surface area contributed by atoms with Crippen molar-refractivity contribution in [2.75, 3.05) is 19.7 Å². The smallest absolute Gasteiger partial charge is 0.395 e. The van der Waals surface area contributed by atoms with Gasteiger partial charge in [0.15, 0.2) is 0 Å². The summed E-state index contributed by atoms with van der Waals surface area (Å²) >= 11 is 0. The first-order valence-electron chi connectivity index (χ1n) is 9.57. The molecular weight excluding hydrogens is 407 g/mol. The second kappa shape index (κ2) is 11.5. The lowest BCUT2D eigenvalue weighted by molar-refractivity contribution is -0.569. The highest BCUT2D eigenvalue weighted by Gasteiger charge is 2.42. The van der Waals surface area contributed by atoms with Gasteiger partial charge in [-0.05, 0) is 37.2 Å². The molecule has 0 saturated heterocycles. The van der Waals surface area contributed by atoms with Crippen molar-refractivity contribution in [3.8, 4) is 11.5 Å². The van der Waals surface area contributed by atoms with Crippen molar-refractivity contribution < 1.29 is 23.1 Å². The molecule has 0 amide bonds. The van der Waals surface area contributed by atoms with Crippen LogP contribution in [0.5, 0.6) is 11.5 Å². The highest BCUT2D eigenvalue weighted by atomic mass is 31.2. The maximum Gasteiger partial charge on any atom is 0.587 e. The van der Waals surface area contributed by atoms with Crippen LogP contribution in [0.15, 0.2) is 73.3 Å². The van der Waals surface area contributed by atoms with Crippen LogP contribution in [-0.4, -0.2) is 30.2 Å². The zero-order valence-electron chi connectivity index (χ0n) is 16.9. The van der Waals surface area contributed by atoms with Crippen molar-refractivity contribution in [1.82, 2.24) is 5.32 Å². The van der Waals surface area contributed by atoms with Crippen LogP contribution in [0.2, 0.25) is 0 Å². The van der Waals surface area contributed by atoms with Gasteiger partial charge in [0.05, 0.1) is 0 Å². The van der Waals surface area contributed by atoms with E-state index in [1.807, 2.05) is 0 Å². The highest BCUT2D eigenvalue weighted by Crippen LogP contribution is 2.50. The van der Waals surface area contributed by atoms with Gasteiger partial charge in [-0.15, -0.1) is 6.58 Å². The molecular formula is C21H27N2O6P. The van der Waals surface area contributed by atoms with E-state index in [0.29, 0.717) is 19.5 Å². The molecule has 0 aliphatic carbocycles. The van der Waals surface area contributed by atoms with E-state index in [4.69, 9.17) is 13.6 Å². The maximum atomic E-state index is 13.3. The van der Waals surface area contributed by atoms with Gasteiger partial charge in [-0.25, -0.2) is 4.57 Å². The van der Waals surface area contributed by atoms with Gasteiger partial charge in [0, 0.05) is 24.8 Å². The number of hydrogen-bond donors (Lipinski definition) is 1. The Kier molecular flexibility index (Phi) is 9.05. The van der Waals surface area contributed by atoms with Gasteiger partial charge in [-0.2, -0.15) is 0 Å². The van der Waals surface area contributed by atoms with Crippen LogP contribution in [0.25, 0.3) is 0 Å². The predicted molar refractivity (Wildman–Crippen MR) is 115 cm³/mol. The first-order valence-corrected chi connectivity index (χ1v) is 11.0. The molecule has 0 aliphatic rings. The third-order valence-electron chi connectivity index (χ3n) is 4.25. The standard InChI is InChI=1S/C21H27N2O6P/c1-3-16-22-17-10-15-21(2,23(24)25)18-27-30(26,28-19-11-6-4-7-12-19)29-20-13-8-5-9-14-20/h3-9,11-14,22H,1,10,15-18H2,2H3. The van der Waals surface area contributed by atoms with E-state index >= 15 is 0 Å². The van der Waals surface area contributed by atoms with Crippen molar-refractivity contribution in [2.45, 2.75) is 25.3 Å². The average Bonchev–Trinajstić information content (AvgIpc) is 2.73. The minimum absolute atomic E-state index is 0.223. The number of nitrogens with one attached hydrogen (secondary N) is 1. The Bertz CT molecular complexity index is 804. The van der Waals surface area contributed by atoms with E-state index in [1.165, 1.54) is 6.92 Å². The van der Waals surface area contributed by atoms with Crippen molar-refractivity contribution in [1.29, 1.82) is 0 Å². The Balaban J connectivity index is 2.11. The number of nitro groups is 1. The molecule has 0 spiro atoms. The summed E-state index contributed by atoms with van der Waals surface area (Å²) in [5.41, 5.74) is -1.45. The summed E-state index contributed by atoms with van der Waals surface area (Å²) in [6.45, 7) is 5.85. The fourth-order valence-corrected chi connectivity index (χ4v) is 3.86. The Hall–Kier alpha value is -2.67.